The van der Waals surface area contributed by atoms with Crippen LogP contribution in [0.1, 0.15) is 40.8 Å². The van der Waals surface area contributed by atoms with E-state index in [0.29, 0.717) is 44.3 Å². The molecule has 2 N–H and O–H groups in total. The van der Waals surface area contributed by atoms with Gasteiger partial charge in [-0.05, 0) is 49.2 Å². The van der Waals surface area contributed by atoms with Gasteiger partial charge >= 0.3 is 0 Å². The van der Waals surface area contributed by atoms with Gasteiger partial charge in [0.2, 0.25) is 5.91 Å². The zero-order valence-electron chi connectivity index (χ0n) is 22.7. The fourth-order valence-corrected chi connectivity index (χ4v) is 6.24. The molecule has 0 unspecified atom stereocenters. The molecule has 6 rings (SSSR count). The first-order chi connectivity index (χ1) is 20.2. The van der Waals surface area contributed by atoms with Crippen LogP contribution < -0.4 is 15.5 Å². The number of nitrogens with one attached hydrogen (secondary N) is 2. The maximum absolute atomic E-state index is 14.0. The third-order valence-electron chi connectivity index (χ3n) is 7.23. The van der Waals surface area contributed by atoms with Crippen LogP contribution >= 0.6 is 11.3 Å². The van der Waals surface area contributed by atoms with Crippen molar-refractivity contribution in [2.75, 3.05) is 30.4 Å². The highest BCUT2D eigenvalue weighted by molar-refractivity contribution is 7.14. The minimum atomic E-state index is -0.694. The molecule has 0 fully saturated rings. The van der Waals surface area contributed by atoms with Gasteiger partial charge in [0.25, 0.3) is 17.7 Å². The highest BCUT2D eigenvalue weighted by atomic mass is 32.1. The van der Waals surface area contributed by atoms with Crippen LogP contribution in [0.3, 0.4) is 0 Å². The molecule has 42 heavy (non-hydrogen) atoms. The molecule has 10 nitrogen and oxygen atoms in total. The number of aryl methyl sites for hydroxylation is 1. The third-order valence-corrected chi connectivity index (χ3v) is 8.28. The molecule has 2 aliphatic heterocycles. The van der Waals surface area contributed by atoms with Gasteiger partial charge in [-0.3, -0.25) is 24.1 Å². The standard InChI is InChI=1S/C30H25FN6O4S/c1-16-22(25-26-27(33-15-32-25)35-24(38)14-36(26)2)12-23(42-16)28(39)34-19(11-17-6-5-7-18(31)10-17)13-37-29(40)20-8-3-4-9-21(20)30(37)41/h3-10,12,15,19H,11,13-14H2,1-2H3,(H,34,39)(H,32,33,35,38)/t19-/m0/s1. The van der Waals surface area contributed by atoms with Crippen molar-refractivity contribution in [3.05, 3.63) is 93.2 Å². The number of benzene rings is 2. The van der Waals surface area contributed by atoms with Crippen LogP contribution in [-0.2, 0) is 11.2 Å². The Bertz CT molecular complexity index is 1740. The monoisotopic (exact) mass is 584 g/mol. The zero-order chi connectivity index (χ0) is 29.5. The Balaban J connectivity index is 1.28. The number of aromatic nitrogens is 2. The number of thiophene rings is 1. The summed E-state index contributed by atoms with van der Waals surface area (Å²) in [5.41, 5.74) is 3.18. The number of halogens is 1. The quantitative estimate of drug-likeness (QED) is 0.318. The summed E-state index contributed by atoms with van der Waals surface area (Å²) in [5.74, 6) is -1.49. The highest BCUT2D eigenvalue weighted by Crippen LogP contribution is 2.39. The van der Waals surface area contributed by atoms with Gasteiger partial charge in [-0.1, -0.05) is 24.3 Å². The lowest BCUT2D eigenvalue weighted by atomic mass is 10.0. The number of carbonyl (C=O) groups excluding carboxylic acids is 4. The summed E-state index contributed by atoms with van der Waals surface area (Å²) in [7, 11) is 1.77. The lowest BCUT2D eigenvalue weighted by molar-refractivity contribution is -0.115. The van der Waals surface area contributed by atoms with Crippen LogP contribution in [-0.4, -0.2) is 64.7 Å². The summed E-state index contributed by atoms with van der Waals surface area (Å²) >= 11 is 1.27. The van der Waals surface area contributed by atoms with Gasteiger partial charge in [-0.25, -0.2) is 14.4 Å². The first-order valence-corrected chi connectivity index (χ1v) is 14.0. The molecule has 4 aromatic rings. The maximum Gasteiger partial charge on any atom is 0.261 e. The van der Waals surface area contributed by atoms with E-state index >= 15 is 0 Å². The summed E-state index contributed by atoms with van der Waals surface area (Å²) in [6.45, 7) is 1.93. The summed E-state index contributed by atoms with van der Waals surface area (Å²) in [6.07, 6.45) is 1.56. The Kier molecular flexibility index (Phi) is 6.99. The molecule has 0 bridgehead atoms. The molecule has 0 saturated heterocycles. The number of hydrogen-bond donors (Lipinski definition) is 2. The number of likely N-dealkylation sites (N-methyl/N-ethyl adjacent to an activating group) is 1. The van der Waals surface area contributed by atoms with Crippen LogP contribution in [0.5, 0.6) is 0 Å². The number of nitrogens with zero attached hydrogens (tertiary/aromatic N) is 4. The average molecular weight is 585 g/mol. The van der Waals surface area contributed by atoms with E-state index in [1.54, 1.807) is 54.4 Å². The van der Waals surface area contributed by atoms with E-state index in [9.17, 15) is 23.6 Å². The van der Waals surface area contributed by atoms with Crippen molar-refractivity contribution in [2.24, 2.45) is 0 Å². The lowest BCUT2D eigenvalue weighted by Crippen LogP contribution is -2.46. The molecule has 0 saturated carbocycles. The number of hydrogen-bond acceptors (Lipinski definition) is 8. The molecule has 12 heteroatoms. The number of imide groups is 1. The third kappa shape index (κ3) is 5.00. The van der Waals surface area contributed by atoms with Gasteiger partial charge < -0.3 is 15.5 Å². The molecule has 0 radical (unpaired) electrons. The second-order valence-electron chi connectivity index (χ2n) is 10.2. The summed E-state index contributed by atoms with van der Waals surface area (Å²) in [5, 5.41) is 5.72. The fourth-order valence-electron chi connectivity index (χ4n) is 5.32. The topological polar surface area (TPSA) is 125 Å². The Morgan fingerprint density at radius 1 is 1.05 bits per heavy atom. The highest BCUT2D eigenvalue weighted by Gasteiger charge is 2.37. The van der Waals surface area contributed by atoms with Crippen molar-refractivity contribution in [1.82, 2.24) is 20.2 Å². The van der Waals surface area contributed by atoms with E-state index in [-0.39, 0.29) is 25.4 Å². The van der Waals surface area contributed by atoms with E-state index in [1.165, 1.54) is 29.8 Å². The van der Waals surface area contributed by atoms with Crippen LogP contribution in [0, 0.1) is 12.7 Å². The van der Waals surface area contributed by atoms with Crippen LogP contribution in [0.25, 0.3) is 11.3 Å². The van der Waals surface area contributed by atoms with Gasteiger partial charge in [-0.2, -0.15) is 0 Å². The van der Waals surface area contributed by atoms with Crippen molar-refractivity contribution >= 4 is 46.5 Å². The number of rotatable bonds is 7. The first-order valence-electron chi connectivity index (χ1n) is 13.2. The Hall–Kier alpha value is -4.97. The molecule has 1 atom stereocenters. The normalized spacial score (nSPS) is 14.9. The van der Waals surface area contributed by atoms with Crippen molar-refractivity contribution in [2.45, 2.75) is 19.4 Å². The molecule has 2 aliphatic rings. The number of anilines is 2. The minimum absolute atomic E-state index is 0.0876. The molecular weight excluding hydrogens is 559 g/mol. The van der Waals surface area contributed by atoms with E-state index in [1.807, 2.05) is 6.92 Å². The molecule has 0 aliphatic carbocycles. The lowest BCUT2D eigenvalue weighted by Gasteiger charge is -2.27. The number of amides is 4. The molecule has 2 aromatic heterocycles. The fraction of sp³-hybridized carbons (Fsp3) is 0.200. The molecule has 4 heterocycles. The average Bonchev–Trinajstić information content (AvgIpc) is 3.46. The molecule has 4 amide bonds. The molecule has 0 spiro atoms. The molecule has 212 valence electrons. The van der Waals surface area contributed by atoms with Crippen LogP contribution in [0.2, 0.25) is 0 Å². The Labute approximate surface area is 244 Å². The van der Waals surface area contributed by atoms with Crippen molar-refractivity contribution in [3.8, 4) is 11.3 Å². The first kappa shape index (κ1) is 27.2. The van der Waals surface area contributed by atoms with Gasteiger partial charge in [-0.15, -0.1) is 11.3 Å². The Morgan fingerprint density at radius 2 is 1.79 bits per heavy atom. The van der Waals surface area contributed by atoms with Gasteiger partial charge in [0.15, 0.2) is 5.82 Å². The van der Waals surface area contributed by atoms with Crippen molar-refractivity contribution in [1.29, 1.82) is 0 Å². The van der Waals surface area contributed by atoms with Crippen LogP contribution in [0.4, 0.5) is 15.9 Å². The van der Waals surface area contributed by atoms with Crippen molar-refractivity contribution in [3.63, 3.8) is 0 Å². The zero-order valence-corrected chi connectivity index (χ0v) is 23.5. The van der Waals surface area contributed by atoms with E-state index in [2.05, 4.69) is 20.6 Å². The summed E-state index contributed by atoms with van der Waals surface area (Å²) in [4.78, 5) is 64.5. The summed E-state index contributed by atoms with van der Waals surface area (Å²) < 4.78 is 14.0. The van der Waals surface area contributed by atoms with E-state index < -0.39 is 29.6 Å². The molecular formula is C30H25FN6O4S. The number of carbonyl (C=O) groups is 4. The van der Waals surface area contributed by atoms with Gasteiger partial charge in [0, 0.05) is 24.0 Å². The predicted molar refractivity (Wildman–Crippen MR) is 155 cm³/mol. The van der Waals surface area contributed by atoms with E-state index in [0.717, 1.165) is 9.78 Å². The SMILES string of the molecule is Cc1sc(C(=O)N[C@@H](Cc2cccc(F)c2)CN2C(=O)c3ccccc3C2=O)cc1-c1ncnc2c1N(C)CC(=O)N2. The van der Waals surface area contributed by atoms with E-state index in [4.69, 9.17) is 0 Å². The largest absolute Gasteiger partial charge is 0.361 e. The summed E-state index contributed by atoms with van der Waals surface area (Å²) in [6, 6.07) is 13.6. The maximum atomic E-state index is 14.0. The van der Waals surface area contributed by atoms with Crippen LogP contribution in [0.15, 0.2) is 60.9 Å². The molecule has 2 aromatic carbocycles. The second-order valence-corrected chi connectivity index (χ2v) is 11.4. The second kappa shape index (κ2) is 10.8. The minimum Gasteiger partial charge on any atom is -0.361 e. The Morgan fingerprint density at radius 3 is 2.50 bits per heavy atom. The predicted octanol–water partition coefficient (Wildman–Crippen LogP) is 3.68. The van der Waals surface area contributed by atoms with Gasteiger partial charge in [0.05, 0.1) is 28.6 Å². The smallest absolute Gasteiger partial charge is 0.261 e. The van der Waals surface area contributed by atoms with Crippen molar-refractivity contribution < 1.29 is 23.6 Å². The van der Waals surface area contributed by atoms with Gasteiger partial charge in [0.1, 0.15) is 23.5 Å². The number of fused-ring (bicyclic) bond motifs is 2.